The Morgan fingerprint density at radius 1 is 1.09 bits per heavy atom. The summed E-state index contributed by atoms with van der Waals surface area (Å²) in [6, 6.07) is 15.6. The lowest BCUT2D eigenvalue weighted by Gasteiger charge is -2.02. The summed E-state index contributed by atoms with van der Waals surface area (Å²) in [5.74, 6) is 0.0407. The van der Waals surface area contributed by atoms with Crippen molar-refractivity contribution in [1.82, 2.24) is 20.3 Å². The number of aromatic nitrogens is 3. The lowest BCUT2D eigenvalue weighted by Crippen LogP contribution is -2.22. The lowest BCUT2D eigenvalue weighted by molar-refractivity contribution is 0.0950. The SMILES string of the molecule is O=C(NCc1cn(-c2ccc(O)cc2)nn1)c1ccccc1. The van der Waals surface area contributed by atoms with Crippen molar-refractivity contribution in [3.63, 3.8) is 0 Å². The molecule has 0 radical (unpaired) electrons. The first kappa shape index (κ1) is 13.8. The van der Waals surface area contributed by atoms with Crippen LogP contribution in [-0.4, -0.2) is 26.0 Å². The number of phenolic OH excluding ortho intramolecular Hbond substituents is 1. The highest BCUT2D eigenvalue weighted by molar-refractivity contribution is 5.94. The molecule has 3 rings (SSSR count). The van der Waals surface area contributed by atoms with Crippen molar-refractivity contribution in [1.29, 1.82) is 0 Å². The van der Waals surface area contributed by atoms with Gasteiger partial charge in [0.2, 0.25) is 0 Å². The van der Waals surface area contributed by atoms with Crippen LogP contribution in [0.2, 0.25) is 0 Å². The van der Waals surface area contributed by atoms with Gasteiger partial charge in [-0.25, -0.2) is 4.68 Å². The van der Waals surface area contributed by atoms with Crippen LogP contribution in [-0.2, 0) is 6.54 Å². The fraction of sp³-hybridized carbons (Fsp3) is 0.0625. The highest BCUT2D eigenvalue weighted by Crippen LogP contribution is 2.12. The summed E-state index contributed by atoms with van der Waals surface area (Å²) in [6.45, 7) is 0.297. The van der Waals surface area contributed by atoms with Crippen molar-refractivity contribution in [3.8, 4) is 11.4 Å². The molecule has 0 spiro atoms. The minimum absolute atomic E-state index is 0.153. The van der Waals surface area contributed by atoms with E-state index >= 15 is 0 Å². The number of hydrogen-bond acceptors (Lipinski definition) is 4. The standard InChI is InChI=1S/C16H14N4O2/c21-15-8-6-14(7-9-15)20-11-13(18-19-20)10-17-16(22)12-4-2-1-3-5-12/h1-9,11,21H,10H2,(H,17,22). The first-order chi connectivity index (χ1) is 10.7. The normalized spacial score (nSPS) is 10.4. The monoisotopic (exact) mass is 294 g/mol. The van der Waals surface area contributed by atoms with Gasteiger partial charge in [0.15, 0.2) is 0 Å². The topological polar surface area (TPSA) is 80.0 Å². The van der Waals surface area contributed by atoms with Crippen LogP contribution in [0.15, 0.2) is 60.8 Å². The molecular weight excluding hydrogens is 280 g/mol. The zero-order chi connectivity index (χ0) is 15.4. The lowest BCUT2D eigenvalue weighted by atomic mass is 10.2. The van der Waals surface area contributed by atoms with Gasteiger partial charge in [-0.1, -0.05) is 23.4 Å². The Hall–Kier alpha value is -3.15. The molecule has 0 saturated heterocycles. The number of nitrogens with one attached hydrogen (secondary N) is 1. The van der Waals surface area contributed by atoms with E-state index < -0.39 is 0 Å². The van der Waals surface area contributed by atoms with E-state index in [-0.39, 0.29) is 11.7 Å². The number of aromatic hydroxyl groups is 1. The average Bonchev–Trinajstić information content (AvgIpc) is 3.03. The molecule has 22 heavy (non-hydrogen) atoms. The fourth-order valence-electron chi connectivity index (χ4n) is 1.97. The summed E-state index contributed by atoms with van der Waals surface area (Å²) >= 11 is 0. The second-order valence-corrected chi connectivity index (χ2v) is 4.72. The highest BCUT2D eigenvalue weighted by atomic mass is 16.3. The van der Waals surface area contributed by atoms with E-state index in [0.29, 0.717) is 17.8 Å². The number of carbonyl (C=O) groups is 1. The van der Waals surface area contributed by atoms with E-state index in [0.717, 1.165) is 5.69 Å². The number of carbonyl (C=O) groups excluding carboxylic acids is 1. The van der Waals surface area contributed by atoms with Crippen LogP contribution in [0.1, 0.15) is 16.1 Å². The summed E-state index contributed by atoms with van der Waals surface area (Å²) in [4.78, 5) is 11.9. The molecule has 1 amide bonds. The Morgan fingerprint density at radius 3 is 2.55 bits per heavy atom. The van der Waals surface area contributed by atoms with Crippen molar-refractivity contribution in [2.45, 2.75) is 6.54 Å². The molecule has 2 N–H and O–H groups in total. The zero-order valence-electron chi connectivity index (χ0n) is 11.7. The van der Waals surface area contributed by atoms with E-state index in [2.05, 4.69) is 15.6 Å². The summed E-state index contributed by atoms with van der Waals surface area (Å²) in [5, 5.41) is 20.1. The van der Waals surface area contributed by atoms with E-state index in [1.54, 1.807) is 47.3 Å². The molecule has 1 heterocycles. The van der Waals surface area contributed by atoms with Gasteiger partial charge in [-0.05, 0) is 36.4 Å². The third-order valence-corrected chi connectivity index (χ3v) is 3.12. The molecule has 0 aliphatic carbocycles. The molecule has 0 aliphatic heterocycles. The molecule has 0 fully saturated rings. The summed E-state index contributed by atoms with van der Waals surface area (Å²) in [6.07, 6.45) is 1.73. The maximum Gasteiger partial charge on any atom is 0.251 e. The zero-order valence-corrected chi connectivity index (χ0v) is 11.7. The van der Waals surface area contributed by atoms with Crippen molar-refractivity contribution >= 4 is 5.91 Å². The molecular formula is C16H14N4O2. The Balaban J connectivity index is 1.65. The molecule has 0 aliphatic rings. The molecule has 6 nitrogen and oxygen atoms in total. The smallest absolute Gasteiger partial charge is 0.251 e. The van der Waals surface area contributed by atoms with Crippen molar-refractivity contribution in [3.05, 3.63) is 72.1 Å². The molecule has 0 bridgehead atoms. The van der Waals surface area contributed by atoms with Crippen LogP contribution in [0, 0.1) is 0 Å². The van der Waals surface area contributed by atoms with Crippen LogP contribution in [0.4, 0.5) is 0 Å². The van der Waals surface area contributed by atoms with Gasteiger partial charge < -0.3 is 10.4 Å². The summed E-state index contributed by atoms with van der Waals surface area (Å²) < 4.78 is 1.59. The minimum Gasteiger partial charge on any atom is -0.508 e. The van der Waals surface area contributed by atoms with Gasteiger partial charge in [0.1, 0.15) is 11.4 Å². The van der Waals surface area contributed by atoms with Crippen LogP contribution in [0.5, 0.6) is 5.75 Å². The third kappa shape index (κ3) is 3.12. The number of nitrogens with zero attached hydrogens (tertiary/aromatic N) is 3. The maximum absolute atomic E-state index is 11.9. The number of phenols is 1. The first-order valence-corrected chi connectivity index (χ1v) is 6.76. The second-order valence-electron chi connectivity index (χ2n) is 4.72. The number of hydrogen-bond donors (Lipinski definition) is 2. The molecule has 1 aromatic heterocycles. The third-order valence-electron chi connectivity index (χ3n) is 3.12. The Kier molecular flexibility index (Phi) is 3.82. The predicted octanol–water partition coefficient (Wildman–Crippen LogP) is 1.90. The van der Waals surface area contributed by atoms with Crippen molar-refractivity contribution < 1.29 is 9.90 Å². The van der Waals surface area contributed by atoms with Crippen LogP contribution in [0.3, 0.4) is 0 Å². The minimum atomic E-state index is -0.153. The number of benzene rings is 2. The van der Waals surface area contributed by atoms with Gasteiger partial charge in [0, 0.05) is 5.56 Å². The van der Waals surface area contributed by atoms with Crippen LogP contribution < -0.4 is 5.32 Å². The van der Waals surface area contributed by atoms with Crippen LogP contribution >= 0.6 is 0 Å². The molecule has 2 aromatic carbocycles. The predicted molar refractivity (Wildman–Crippen MR) is 80.6 cm³/mol. The fourth-order valence-corrected chi connectivity index (χ4v) is 1.97. The summed E-state index contributed by atoms with van der Waals surface area (Å²) in [7, 11) is 0. The van der Waals surface area contributed by atoms with Gasteiger partial charge in [-0.15, -0.1) is 5.10 Å². The Bertz CT molecular complexity index is 766. The molecule has 0 unspecified atom stereocenters. The van der Waals surface area contributed by atoms with E-state index in [4.69, 9.17) is 0 Å². The molecule has 6 heteroatoms. The van der Waals surface area contributed by atoms with Gasteiger partial charge in [-0.2, -0.15) is 0 Å². The summed E-state index contributed by atoms with van der Waals surface area (Å²) in [5.41, 5.74) is 2.04. The largest absolute Gasteiger partial charge is 0.508 e. The highest BCUT2D eigenvalue weighted by Gasteiger charge is 2.07. The molecule has 110 valence electrons. The van der Waals surface area contributed by atoms with E-state index in [1.165, 1.54) is 0 Å². The Morgan fingerprint density at radius 2 is 1.82 bits per heavy atom. The molecule has 0 atom stereocenters. The van der Waals surface area contributed by atoms with Gasteiger partial charge in [-0.3, -0.25) is 4.79 Å². The van der Waals surface area contributed by atoms with Gasteiger partial charge >= 0.3 is 0 Å². The van der Waals surface area contributed by atoms with E-state index in [1.807, 2.05) is 18.2 Å². The number of amides is 1. The van der Waals surface area contributed by atoms with Gasteiger partial charge in [0.05, 0.1) is 18.4 Å². The Labute approximate surface area is 127 Å². The average molecular weight is 294 g/mol. The van der Waals surface area contributed by atoms with Crippen molar-refractivity contribution in [2.24, 2.45) is 0 Å². The number of rotatable bonds is 4. The molecule has 0 saturated carbocycles. The first-order valence-electron chi connectivity index (χ1n) is 6.76. The maximum atomic E-state index is 11.9. The quantitative estimate of drug-likeness (QED) is 0.770. The van der Waals surface area contributed by atoms with E-state index in [9.17, 15) is 9.90 Å². The van der Waals surface area contributed by atoms with Crippen LogP contribution in [0.25, 0.3) is 5.69 Å². The second kappa shape index (κ2) is 6.09. The molecule has 3 aromatic rings. The van der Waals surface area contributed by atoms with Crippen molar-refractivity contribution in [2.75, 3.05) is 0 Å². The van der Waals surface area contributed by atoms with Gasteiger partial charge in [0.25, 0.3) is 5.91 Å².